The van der Waals surface area contributed by atoms with Crippen molar-refractivity contribution in [1.82, 2.24) is 0 Å². The van der Waals surface area contributed by atoms with Crippen LogP contribution in [0.15, 0.2) is 24.3 Å². The molecule has 62 valence electrons. The molecular weight excluding hydrogens is 158 g/mol. The fraction of sp³-hybridized carbons (Fsp3) is 0.125. The van der Waals surface area contributed by atoms with Gasteiger partial charge in [-0.25, -0.2) is 0 Å². The van der Waals surface area contributed by atoms with Crippen LogP contribution >= 0.6 is 0 Å². The number of nitrogens with zero attached hydrogens (tertiary/aromatic N) is 1. The van der Waals surface area contributed by atoms with Gasteiger partial charge in [0.25, 0.3) is 5.91 Å². The van der Waals surface area contributed by atoms with Crippen molar-refractivity contribution in [2.45, 2.75) is 6.10 Å². The summed E-state index contributed by atoms with van der Waals surface area (Å²) in [5.41, 5.74) is 0.806. The highest BCUT2D eigenvalue weighted by Gasteiger charge is 2.34. The molecule has 0 unspecified atom stereocenters. The minimum absolute atomic E-state index is 0.356. The third-order valence-corrected chi connectivity index (χ3v) is 1.90. The minimum Gasteiger partial charge on any atom is -0.378 e. The Hall–Kier alpha value is -1.39. The molecule has 0 saturated heterocycles. The molecule has 2 rings (SSSR count). The number of rotatable bonds is 0. The van der Waals surface area contributed by atoms with Crippen molar-refractivity contribution in [2.75, 3.05) is 5.06 Å². The third-order valence-electron chi connectivity index (χ3n) is 1.90. The molecule has 4 heteroatoms. The van der Waals surface area contributed by atoms with Crippen molar-refractivity contribution in [3.8, 4) is 0 Å². The molecule has 1 amide bonds. The Morgan fingerprint density at radius 2 is 2.00 bits per heavy atom. The number of carbonyl (C=O) groups is 1. The summed E-state index contributed by atoms with van der Waals surface area (Å²) in [6.07, 6.45) is -1.22. The molecule has 4 nitrogen and oxygen atoms in total. The second-order valence-corrected chi connectivity index (χ2v) is 2.61. The summed E-state index contributed by atoms with van der Waals surface area (Å²) in [6.45, 7) is 0. The molecule has 1 heterocycles. The monoisotopic (exact) mass is 165 g/mol. The maximum Gasteiger partial charge on any atom is 0.284 e. The van der Waals surface area contributed by atoms with Crippen LogP contribution in [0.4, 0.5) is 5.69 Å². The van der Waals surface area contributed by atoms with Crippen LogP contribution < -0.4 is 5.06 Å². The number of para-hydroxylation sites is 1. The SMILES string of the molecule is O=C1[C@@H](O)c2ccccc2N1O. The van der Waals surface area contributed by atoms with Gasteiger partial charge in [-0.1, -0.05) is 18.2 Å². The maximum absolute atomic E-state index is 11.0. The predicted octanol–water partition coefficient (Wildman–Crippen LogP) is 0.456. The highest BCUT2D eigenvalue weighted by Crippen LogP contribution is 2.33. The van der Waals surface area contributed by atoms with Gasteiger partial charge in [0.15, 0.2) is 6.10 Å². The number of anilines is 1. The van der Waals surface area contributed by atoms with Gasteiger partial charge in [0, 0.05) is 5.56 Å². The Morgan fingerprint density at radius 1 is 1.33 bits per heavy atom. The molecule has 1 aromatic rings. The van der Waals surface area contributed by atoms with Crippen molar-refractivity contribution in [3.05, 3.63) is 29.8 Å². The van der Waals surface area contributed by atoms with Gasteiger partial charge in [0.1, 0.15) is 0 Å². The number of benzene rings is 1. The summed E-state index contributed by atoms with van der Waals surface area (Å²) >= 11 is 0. The van der Waals surface area contributed by atoms with Gasteiger partial charge in [-0.05, 0) is 6.07 Å². The highest BCUT2D eigenvalue weighted by atomic mass is 16.5. The average Bonchev–Trinajstić information content (AvgIpc) is 2.33. The minimum atomic E-state index is -1.22. The van der Waals surface area contributed by atoms with Gasteiger partial charge in [0.2, 0.25) is 0 Å². The lowest BCUT2D eigenvalue weighted by Gasteiger charge is -2.05. The molecule has 0 radical (unpaired) electrons. The molecule has 1 aromatic carbocycles. The first kappa shape index (κ1) is 7.27. The molecule has 1 aliphatic heterocycles. The molecule has 1 atom stereocenters. The highest BCUT2D eigenvalue weighted by molar-refractivity contribution is 6.01. The molecule has 0 fully saturated rings. The van der Waals surface area contributed by atoms with Crippen LogP contribution in [-0.4, -0.2) is 16.2 Å². The van der Waals surface area contributed by atoms with Crippen LogP contribution in [0.5, 0.6) is 0 Å². The van der Waals surface area contributed by atoms with Gasteiger partial charge in [0.05, 0.1) is 5.69 Å². The summed E-state index contributed by atoms with van der Waals surface area (Å²) in [5.74, 6) is -0.698. The number of aliphatic hydroxyl groups excluding tert-OH is 1. The van der Waals surface area contributed by atoms with Gasteiger partial charge in [-0.3, -0.25) is 10.0 Å². The summed E-state index contributed by atoms with van der Waals surface area (Å²) in [5, 5.41) is 18.9. The second kappa shape index (κ2) is 2.30. The zero-order chi connectivity index (χ0) is 8.72. The van der Waals surface area contributed by atoms with Crippen molar-refractivity contribution in [2.24, 2.45) is 0 Å². The molecule has 0 aliphatic carbocycles. The van der Waals surface area contributed by atoms with E-state index in [1.54, 1.807) is 24.3 Å². The van der Waals surface area contributed by atoms with E-state index >= 15 is 0 Å². The molecule has 0 bridgehead atoms. The van der Waals surface area contributed by atoms with E-state index in [1.807, 2.05) is 0 Å². The van der Waals surface area contributed by atoms with Crippen LogP contribution in [0.25, 0.3) is 0 Å². The molecule has 1 aliphatic rings. The van der Waals surface area contributed by atoms with Crippen molar-refractivity contribution in [3.63, 3.8) is 0 Å². The van der Waals surface area contributed by atoms with Crippen LogP contribution in [0.3, 0.4) is 0 Å². The number of fused-ring (bicyclic) bond motifs is 1. The number of hydrogen-bond acceptors (Lipinski definition) is 3. The number of aliphatic hydroxyl groups is 1. The summed E-state index contributed by atoms with van der Waals surface area (Å²) < 4.78 is 0. The first-order valence-electron chi connectivity index (χ1n) is 3.51. The lowest BCUT2D eigenvalue weighted by Crippen LogP contribution is -2.24. The third kappa shape index (κ3) is 0.760. The maximum atomic E-state index is 11.0. The quantitative estimate of drug-likeness (QED) is 0.549. The van der Waals surface area contributed by atoms with Crippen LogP contribution in [0, 0.1) is 0 Å². The molecule has 0 spiro atoms. The lowest BCUT2D eigenvalue weighted by molar-refractivity contribution is -0.130. The summed E-state index contributed by atoms with van der Waals surface area (Å²) in [7, 11) is 0. The smallest absolute Gasteiger partial charge is 0.284 e. The van der Waals surface area contributed by atoms with E-state index in [0.717, 1.165) is 0 Å². The summed E-state index contributed by atoms with van der Waals surface area (Å²) in [6, 6.07) is 6.57. The van der Waals surface area contributed by atoms with Crippen molar-refractivity contribution >= 4 is 11.6 Å². The van der Waals surface area contributed by atoms with Gasteiger partial charge in [-0.15, -0.1) is 0 Å². The van der Waals surface area contributed by atoms with Crippen LogP contribution in [0.1, 0.15) is 11.7 Å². The Balaban J connectivity index is 2.59. The van der Waals surface area contributed by atoms with Gasteiger partial charge < -0.3 is 5.11 Å². The van der Waals surface area contributed by atoms with Crippen LogP contribution in [-0.2, 0) is 4.79 Å². The average molecular weight is 165 g/mol. The molecule has 12 heavy (non-hydrogen) atoms. The zero-order valence-corrected chi connectivity index (χ0v) is 6.14. The first-order valence-corrected chi connectivity index (χ1v) is 3.51. The Morgan fingerprint density at radius 3 is 2.67 bits per heavy atom. The lowest BCUT2D eigenvalue weighted by atomic mass is 10.1. The van der Waals surface area contributed by atoms with Crippen LogP contribution in [0.2, 0.25) is 0 Å². The van der Waals surface area contributed by atoms with Crippen molar-refractivity contribution in [1.29, 1.82) is 0 Å². The number of hydrogen-bond donors (Lipinski definition) is 2. The second-order valence-electron chi connectivity index (χ2n) is 2.61. The number of amides is 1. The van der Waals surface area contributed by atoms with E-state index in [9.17, 15) is 9.90 Å². The van der Waals surface area contributed by atoms with Crippen molar-refractivity contribution < 1.29 is 15.1 Å². The fourth-order valence-electron chi connectivity index (χ4n) is 1.28. The molecule has 2 N–H and O–H groups in total. The first-order chi connectivity index (χ1) is 5.72. The van der Waals surface area contributed by atoms with E-state index in [0.29, 0.717) is 16.3 Å². The number of carbonyl (C=O) groups excluding carboxylic acids is 1. The Kier molecular flexibility index (Phi) is 1.39. The standard InChI is InChI=1S/C8H7NO3/c10-7-5-3-1-2-4-6(5)9(12)8(7)11/h1-4,7,10,12H/t7-/m0/s1. The van der Waals surface area contributed by atoms with Gasteiger partial charge >= 0.3 is 0 Å². The normalized spacial score (nSPS) is 21.3. The Bertz CT molecular complexity index is 306. The largest absolute Gasteiger partial charge is 0.378 e. The number of hydroxylamine groups is 1. The fourth-order valence-corrected chi connectivity index (χ4v) is 1.28. The Labute approximate surface area is 68.6 Å². The van der Waals surface area contributed by atoms with E-state index in [-0.39, 0.29) is 0 Å². The molecular formula is C8H7NO3. The van der Waals surface area contributed by atoms with E-state index in [1.165, 1.54) is 0 Å². The molecule has 0 saturated carbocycles. The summed E-state index contributed by atoms with van der Waals surface area (Å²) in [4.78, 5) is 11.0. The zero-order valence-electron chi connectivity index (χ0n) is 6.14. The van der Waals surface area contributed by atoms with E-state index < -0.39 is 12.0 Å². The van der Waals surface area contributed by atoms with Gasteiger partial charge in [-0.2, -0.15) is 5.06 Å². The molecule has 0 aromatic heterocycles. The van der Waals surface area contributed by atoms with E-state index in [2.05, 4.69) is 0 Å². The topological polar surface area (TPSA) is 60.8 Å². The predicted molar refractivity (Wildman–Crippen MR) is 40.7 cm³/mol. The van der Waals surface area contributed by atoms with E-state index in [4.69, 9.17) is 5.21 Å².